The summed E-state index contributed by atoms with van der Waals surface area (Å²) >= 11 is 0. The van der Waals surface area contributed by atoms with E-state index in [9.17, 15) is 9.59 Å². The van der Waals surface area contributed by atoms with Crippen molar-refractivity contribution in [3.63, 3.8) is 0 Å². The van der Waals surface area contributed by atoms with Gasteiger partial charge in [0.05, 0.1) is 0 Å². The molecule has 0 bridgehead atoms. The number of rotatable bonds is 10. The third kappa shape index (κ3) is 5.58. The summed E-state index contributed by atoms with van der Waals surface area (Å²) in [5.41, 5.74) is 2.32. The van der Waals surface area contributed by atoms with Crippen LogP contribution >= 0.6 is 0 Å². The minimum absolute atomic E-state index is 0.0315. The zero-order chi connectivity index (χ0) is 26.1. The Morgan fingerprint density at radius 2 is 1.78 bits per heavy atom. The standard InChI is InChI=1S/C32H52O4/c1-21(2)8-6-9-22(3)26-14-15-27-25-13-12-23-20-24(36-30(35)11-7-10-29(33)34)16-18-31(23,4)28(25)17-19-32(26,27)5/h12,21-22,24-28H,6-11,13-20H2,1-5H3,(H,33,34)/t22-,24+,25?,26-,27+,28+,31+,32-/m1/s1. The topological polar surface area (TPSA) is 63.6 Å². The number of esters is 1. The summed E-state index contributed by atoms with van der Waals surface area (Å²) in [5, 5.41) is 8.81. The zero-order valence-corrected chi connectivity index (χ0v) is 23.7. The molecule has 0 saturated heterocycles. The Kier molecular flexibility index (Phi) is 8.62. The van der Waals surface area contributed by atoms with Crippen LogP contribution in [0.2, 0.25) is 0 Å². The van der Waals surface area contributed by atoms with Gasteiger partial charge in [-0.2, -0.15) is 0 Å². The molecule has 0 aliphatic heterocycles. The van der Waals surface area contributed by atoms with Crippen molar-refractivity contribution in [2.45, 2.75) is 131 Å². The summed E-state index contributed by atoms with van der Waals surface area (Å²) in [6, 6.07) is 0. The maximum atomic E-state index is 12.3. The quantitative estimate of drug-likeness (QED) is 0.242. The van der Waals surface area contributed by atoms with E-state index in [1.807, 2.05) is 0 Å². The van der Waals surface area contributed by atoms with Gasteiger partial charge in [-0.15, -0.1) is 0 Å². The Bertz CT molecular complexity index is 830. The van der Waals surface area contributed by atoms with Crippen molar-refractivity contribution in [3.8, 4) is 0 Å². The van der Waals surface area contributed by atoms with E-state index in [1.54, 1.807) is 5.57 Å². The van der Waals surface area contributed by atoms with Gasteiger partial charge < -0.3 is 9.84 Å². The number of carboxylic acids is 1. The largest absolute Gasteiger partial charge is 0.481 e. The van der Waals surface area contributed by atoms with E-state index < -0.39 is 5.97 Å². The average molecular weight is 501 g/mol. The first-order valence-electron chi connectivity index (χ1n) is 15.2. The Morgan fingerprint density at radius 1 is 1.00 bits per heavy atom. The molecule has 0 amide bonds. The Labute approximate surface area is 220 Å². The first-order chi connectivity index (χ1) is 17.0. The summed E-state index contributed by atoms with van der Waals surface area (Å²) < 4.78 is 5.80. The highest BCUT2D eigenvalue weighted by molar-refractivity contribution is 5.71. The van der Waals surface area contributed by atoms with Gasteiger partial charge in [0, 0.05) is 19.3 Å². The Balaban J connectivity index is 1.38. The molecular weight excluding hydrogens is 448 g/mol. The summed E-state index contributed by atoms with van der Waals surface area (Å²) in [6.07, 6.45) is 17.0. The Morgan fingerprint density at radius 3 is 2.50 bits per heavy atom. The summed E-state index contributed by atoms with van der Waals surface area (Å²) in [4.78, 5) is 23.0. The second-order valence-corrected chi connectivity index (χ2v) is 13.9. The van der Waals surface area contributed by atoms with Gasteiger partial charge >= 0.3 is 11.9 Å². The third-order valence-electron chi connectivity index (χ3n) is 11.3. The molecule has 0 spiro atoms. The monoisotopic (exact) mass is 500 g/mol. The van der Waals surface area contributed by atoms with E-state index in [1.165, 1.54) is 51.4 Å². The first kappa shape index (κ1) is 27.7. The molecule has 4 aliphatic rings. The van der Waals surface area contributed by atoms with Crippen LogP contribution in [0.1, 0.15) is 125 Å². The van der Waals surface area contributed by atoms with E-state index >= 15 is 0 Å². The second-order valence-electron chi connectivity index (χ2n) is 13.9. The smallest absolute Gasteiger partial charge is 0.306 e. The number of ether oxygens (including phenoxy) is 1. The minimum atomic E-state index is -0.851. The average Bonchev–Trinajstić information content (AvgIpc) is 3.16. The molecule has 204 valence electrons. The summed E-state index contributed by atoms with van der Waals surface area (Å²) in [6.45, 7) is 12.4. The number of carbonyl (C=O) groups is 2. The molecule has 3 fully saturated rings. The lowest BCUT2D eigenvalue weighted by Crippen LogP contribution is -2.51. The zero-order valence-electron chi connectivity index (χ0n) is 23.7. The molecule has 8 atom stereocenters. The van der Waals surface area contributed by atoms with Crippen LogP contribution in [0.15, 0.2) is 11.6 Å². The fraction of sp³-hybridized carbons (Fsp3) is 0.875. The number of hydrogen-bond donors (Lipinski definition) is 1. The van der Waals surface area contributed by atoms with Gasteiger partial charge in [0.1, 0.15) is 6.10 Å². The number of carboxylic acid groups (broad SMARTS) is 1. The number of hydrogen-bond acceptors (Lipinski definition) is 3. The highest BCUT2D eigenvalue weighted by Crippen LogP contribution is 2.67. The van der Waals surface area contributed by atoms with Crippen molar-refractivity contribution in [1.29, 1.82) is 0 Å². The highest BCUT2D eigenvalue weighted by Gasteiger charge is 2.59. The lowest BCUT2D eigenvalue weighted by atomic mass is 9.47. The number of fused-ring (bicyclic) bond motifs is 5. The maximum absolute atomic E-state index is 12.3. The lowest BCUT2D eigenvalue weighted by Gasteiger charge is -2.58. The molecule has 0 radical (unpaired) electrons. The fourth-order valence-corrected chi connectivity index (χ4v) is 9.38. The Hall–Kier alpha value is -1.32. The van der Waals surface area contributed by atoms with Gasteiger partial charge in [0.25, 0.3) is 0 Å². The molecule has 4 aliphatic carbocycles. The molecule has 4 nitrogen and oxygen atoms in total. The third-order valence-corrected chi connectivity index (χ3v) is 11.3. The molecule has 1 unspecified atom stereocenters. The number of allylic oxidation sites excluding steroid dienone is 1. The van der Waals surface area contributed by atoms with Crippen molar-refractivity contribution < 1.29 is 19.4 Å². The van der Waals surface area contributed by atoms with Crippen molar-refractivity contribution in [2.75, 3.05) is 0 Å². The van der Waals surface area contributed by atoms with Crippen molar-refractivity contribution in [3.05, 3.63) is 11.6 Å². The van der Waals surface area contributed by atoms with Crippen LogP contribution in [0.5, 0.6) is 0 Å². The molecule has 0 aromatic carbocycles. The van der Waals surface area contributed by atoms with E-state index in [-0.39, 0.29) is 30.3 Å². The van der Waals surface area contributed by atoms with Crippen molar-refractivity contribution in [1.82, 2.24) is 0 Å². The van der Waals surface area contributed by atoms with Crippen LogP contribution in [0.3, 0.4) is 0 Å². The van der Waals surface area contributed by atoms with Crippen molar-refractivity contribution >= 4 is 11.9 Å². The predicted octanol–water partition coefficient (Wildman–Crippen LogP) is 8.19. The lowest BCUT2D eigenvalue weighted by molar-refractivity contribution is -0.151. The molecule has 4 rings (SSSR count). The van der Waals surface area contributed by atoms with Gasteiger partial charge in [-0.3, -0.25) is 9.59 Å². The fourth-order valence-electron chi connectivity index (χ4n) is 9.38. The van der Waals surface area contributed by atoms with Crippen LogP contribution in [-0.4, -0.2) is 23.1 Å². The predicted molar refractivity (Wildman–Crippen MR) is 144 cm³/mol. The number of aliphatic carboxylic acids is 1. The minimum Gasteiger partial charge on any atom is -0.481 e. The van der Waals surface area contributed by atoms with Crippen LogP contribution in [-0.2, 0) is 14.3 Å². The van der Waals surface area contributed by atoms with Crippen LogP contribution < -0.4 is 0 Å². The summed E-state index contributed by atoms with van der Waals surface area (Å²) in [7, 11) is 0. The normalized spacial score (nSPS) is 38.5. The molecule has 0 aromatic heterocycles. The highest BCUT2D eigenvalue weighted by atomic mass is 16.5. The van der Waals surface area contributed by atoms with Gasteiger partial charge in [0.15, 0.2) is 0 Å². The van der Waals surface area contributed by atoms with E-state index in [0.717, 1.165) is 54.8 Å². The van der Waals surface area contributed by atoms with Gasteiger partial charge in [-0.25, -0.2) is 0 Å². The van der Waals surface area contributed by atoms with E-state index in [4.69, 9.17) is 9.84 Å². The second kappa shape index (κ2) is 11.2. The maximum Gasteiger partial charge on any atom is 0.306 e. The van der Waals surface area contributed by atoms with Crippen LogP contribution in [0.4, 0.5) is 0 Å². The molecule has 0 aromatic rings. The van der Waals surface area contributed by atoms with Gasteiger partial charge in [0.2, 0.25) is 0 Å². The van der Waals surface area contributed by atoms with E-state index in [0.29, 0.717) is 11.8 Å². The first-order valence-corrected chi connectivity index (χ1v) is 15.2. The van der Waals surface area contributed by atoms with E-state index in [2.05, 4.69) is 40.7 Å². The van der Waals surface area contributed by atoms with Gasteiger partial charge in [-0.1, -0.05) is 65.5 Å². The van der Waals surface area contributed by atoms with Crippen molar-refractivity contribution in [2.24, 2.45) is 46.3 Å². The molecule has 4 heteroatoms. The molecular formula is C32H52O4. The summed E-state index contributed by atoms with van der Waals surface area (Å²) in [5.74, 6) is 3.94. The number of carbonyl (C=O) groups excluding carboxylic acids is 1. The van der Waals surface area contributed by atoms with Crippen LogP contribution in [0, 0.1) is 46.3 Å². The molecule has 0 heterocycles. The molecule has 1 N–H and O–H groups in total. The molecule has 3 saturated carbocycles. The SMILES string of the molecule is CC(C)CCC[C@@H](C)[C@H]1CC[C@H]2C3CC=C4C[C@@H](OC(=O)CCCC(=O)O)CC[C@]4(C)[C@H]3CC[C@]12C. The molecule has 36 heavy (non-hydrogen) atoms. The van der Waals surface area contributed by atoms with Crippen LogP contribution in [0.25, 0.3) is 0 Å². The van der Waals surface area contributed by atoms with Gasteiger partial charge in [-0.05, 0) is 97.7 Å².